The second-order valence-corrected chi connectivity index (χ2v) is 6.85. The van der Waals surface area contributed by atoms with Gasteiger partial charge in [-0.3, -0.25) is 0 Å². The van der Waals surface area contributed by atoms with Crippen molar-refractivity contribution in [2.24, 2.45) is 0 Å². The van der Waals surface area contributed by atoms with Crippen LogP contribution in [0.3, 0.4) is 0 Å². The molecule has 3 aromatic rings. The lowest BCUT2D eigenvalue weighted by atomic mass is 9.89. The molecule has 0 amide bonds. The topological polar surface area (TPSA) is 0 Å². The minimum atomic E-state index is 1.08. The van der Waals surface area contributed by atoms with Crippen molar-refractivity contribution in [2.45, 2.75) is 47.0 Å². The highest BCUT2D eigenvalue weighted by Crippen LogP contribution is 2.34. The van der Waals surface area contributed by atoms with Crippen molar-refractivity contribution in [3.05, 3.63) is 83.0 Å². The molecule has 0 saturated heterocycles. The Labute approximate surface area is 151 Å². The van der Waals surface area contributed by atoms with Crippen LogP contribution in [0, 0.1) is 6.92 Å². The van der Waals surface area contributed by atoms with Gasteiger partial charge >= 0.3 is 0 Å². The maximum atomic E-state index is 2.29. The number of hydrogen-bond donors (Lipinski definition) is 0. The molecular formula is C25H28. The van der Waals surface area contributed by atoms with Gasteiger partial charge in [-0.15, -0.1) is 0 Å². The first-order valence-electron chi connectivity index (χ1n) is 9.37. The Balaban J connectivity index is 2.16. The smallest absolute Gasteiger partial charge is 0.0143 e. The van der Waals surface area contributed by atoms with E-state index in [-0.39, 0.29) is 0 Å². The van der Waals surface area contributed by atoms with Crippen molar-refractivity contribution in [1.82, 2.24) is 0 Å². The van der Waals surface area contributed by atoms with Crippen LogP contribution >= 0.6 is 0 Å². The summed E-state index contributed by atoms with van der Waals surface area (Å²) < 4.78 is 0. The highest BCUT2D eigenvalue weighted by Gasteiger charge is 2.11. The van der Waals surface area contributed by atoms with E-state index in [9.17, 15) is 0 Å². The van der Waals surface area contributed by atoms with Gasteiger partial charge in [-0.05, 0) is 78.3 Å². The second-order valence-electron chi connectivity index (χ2n) is 6.85. The third kappa shape index (κ3) is 3.39. The molecule has 0 saturated carbocycles. The van der Waals surface area contributed by atoms with Gasteiger partial charge in [-0.25, -0.2) is 0 Å². The lowest BCUT2D eigenvalue weighted by Gasteiger charge is -2.16. The molecule has 0 radical (unpaired) electrons. The van der Waals surface area contributed by atoms with Crippen molar-refractivity contribution < 1.29 is 0 Å². The van der Waals surface area contributed by atoms with Crippen molar-refractivity contribution in [2.75, 3.05) is 0 Å². The largest absolute Gasteiger partial charge is 0.0874 e. The predicted molar refractivity (Wildman–Crippen MR) is 112 cm³/mol. The Morgan fingerprint density at radius 3 is 1.88 bits per heavy atom. The average Bonchev–Trinajstić information content (AvgIpc) is 2.66. The fourth-order valence-corrected chi connectivity index (χ4v) is 3.83. The molecule has 0 spiro atoms. The Bertz CT molecular complexity index is 897. The van der Waals surface area contributed by atoms with Crippen LogP contribution in [-0.2, 0) is 6.42 Å². The summed E-state index contributed by atoms with van der Waals surface area (Å²) in [6.07, 6.45) is 7.76. The molecule has 3 aromatic carbocycles. The van der Waals surface area contributed by atoms with Crippen molar-refractivity contribution in [3.63, 3.8) is 0 Å². The van der Waals surface area contributed by atoms with E-state index in [4.69, 9.17) is 0 Å². The van der Waals surface area contributed by atoms with E-state index in [1.165, 1.54) is 43.8 Å². The summed E-state index contributed by atoms with van der Waals surface area (Å²) in [5.41, 5.74) is 5.86. The van der Waals surface area contributed by atoms with E-state index in [1.807, 2.05) is 0 Å². The van der Waals surface area contributed by atoms with Crippen LogP contribution in [0.15, 0.2) is 71.8 Å². The van der Waals surface area contributed by atoms with E-state index in [0.717, 1.165) is 19.3 Å². The lowest BCUT2D eigenvalue weighted by Crippen LogP contribution is -1.96. The standard InChI is InChI=1S/C25H28/c1-5-11-20(18(3)6-2)16-17-25-23-14-9-7-12-21(23)19(4)22-13-8-10-15-24(22)25/h5,7-15H,6,16-17H2,1-4H3. The number of aryl methyl sites for hydroxylation is 2. The second kappa shape index (κ2) is 7.70. The van der Waals surface area contributed by atoms with E-state index in [1.54, 1.807) is 0 Å². The Morgan fingerprint density at radius 2 is 1.40 bits per heavy atom. The quantitative estimate of drug-likeness (QED) is 0.335. The number of fused-ring (bicyclic) bond motifs is 2. The maximum Gasteiger partial charge on any atom is -0.0143 e. The summed E-state index contributed by atoms with van der Waals surface area (Å²) >= 11 is 0. The van der Waals surface area contributed by atoms with Crippen LogP contribution in [0.4, 0.5) is 0 Å². The molecule has 0 aliphatic carbocycles. The van der Waals surface area contributed by atoms with Crippen LogP contribution in [0.1, 0.15) is 44.7 Å². The molecule has 0 fully saturated rings. The molecule has 0 heterocycles. The van der Waals surface area contributed by atoms with Crippen molar-refractivity contribution in [3.8, 4) is 0 Å². The monoisotopic (exact) mass is 328 g/mol. The molecule has 25 heavy (non-hydrogen) atoms. The predicted octanol–water partition coefficient (Wildman–Crippen LogP) is 7.54. The maximum absolute atomic E-state index is 2.29. The van der Waals surface area contributed by atoms with Gasteiger partial charge in [0.1, 0.15) is 0 Å². The van der Waals surface area contributed by atoms with Crippen LogP contribution in [0.5, 0.6) is 0 Å². The summed E-state index contributed by atoms with van der Waals surface area (Å²) in [6, 6.07) is 17.7. The van der Waals surface area contributed by atoms with Gasteiger partial charge in [0, 0.05) is 0 Å². The number of hydrogen-bond acceptors (Lipinski definition) is 0. The zero-order chi connectivity index (χ0) is 17.8. The van der Waals surface area contributed by atoms with Crippen molar-refractivity contribution in [1.29, 1.82) is 0 Å². The number of benzene rings is 3. The summed E-state index contributed by atoms with van der Waals surface area (Å²) in [4.78, 5) is 0. The summed E-state index contributed by atoms with van der Waals surface area (Å²) in [5, 5.41) is 5.60. The van der Waals surface area contributed by atoms with Gasteiger partial charge < -0.3 is 0 Å². The Morgan fingerprint density at radius 1 is 0.880 bits per heavy atom. The SMILES string of the molecule is CC=CC(CCc1c2ccccc2c(C)c2ccccc12)=C(C)CC. The zero-order valence-corrected chi connectivity index (χ0v) is 15.9. The van der Waals surface area contributed by atoms with Crippen molar-refractivity contribution >= 4 is 21.5 Å². The minimum absolute atomic E-state index is 1.08. The first-order chi connectivity index (χ1) is 12.2. The first-order valence-corrected chi connectivity index (χ1v) is 9.37. The average molecular weight is 328 g/mol. The van der Waals surface area contributed by atoms with E-state index >= 15 is 0 Å². The van der Waals surface area contributed by atoms with Crippen LogP contribution in [0.2, 0.25) is 0 Å². The molecule has 0 unspecified atom stereocenters. The molecule has 0 aliphatic rings. The molecule has 0 atom stereocenters. The zero-order valence-electron chi connectivity index (χ0n) is 15.9. The first kappa shape index (κ1) is 17.5. The van der Waals surface area contributed by atoms with Crippen LogP contribution in [0.25, 0.3) is 21.5 Å². The van der Waals surface area contributed by atoms with Gasteiger partial charge in [-0.2, -0.15) is 0 Å². The third-order valence-electron chi connectivity index (χ3n) is 5.40. The molecule has 0 aliphatic heterocycles. The van der Waals surface area contributed by atoms with E-state index in [2.05, 4.69) is 88.4 Å². The minimum Gasteiger partial charge on any atom is -0.0874 e. The molecule has 0 nitrogen and oxygen atoms in total. The molecular weight excluding hydrogens is 300 g/mol. The van der Waals surface area contributed by atoms with Gasteiger partial charge in [0.25, 0.3) is 0 Å². The highest BCUT2D eigenvalue weighted by atomic mass is 14.2. The summed E-state index contributed by atoms with van der Waals surface area (Å²) in [6.45, 7) is 8.87. The van der Waals surface area contributed by atoms with Crippen LogP contribution in [-0.4, -0.2) is 0 Å². The van der Waals surface area contributed by atoms with Gasteiger partial charge in [0.2, 0.25) is 0 Å². The van der Waals surface area contributed by atoms with Crippen LogP contribution < -0.4 is 0 Å². The fraction of sp³-hybridized carbons (Fsp3) is 0.280. The summed E-state index contributed by atoms with van der Waals surface area (Å²) in [7, 11) is 0. The fourth-order valence-electron chi connectivity index (χ4n) is 3.83. The third-order valence-corrected chi connectivity index (χ3v) is 5.40. The number of allylic oxidation sites excluding steroid dienone is 4. The van der Waals surface area contributed by atoms with E-state index < -0.39 is 0 Å². The van der Waals surface area contributed by atoms with E-state index in [0.29, 0.717) is 0 Å². The molecule has 0 heteroatoms. The normalized spacial score (nSPS) is 13.0. The lowest BCUT2D eigenvalue weighted by molar-refractivity contribution is 0.936. The molecule has 128 valence electrons. The Kier molecular flexibility index (Phi) is 5.38. The number of rotatable bonds is 5. The Hall–Kier alpha value is -2.34. The van der Waals surface area contributed by atoms with Gasteiger partial charge in [-0.1, -0.05) is 73.2 Å². The molecule has 0 bridgehead atoms. The summed E-state index contributed by atoms with van der Waals surface area (Å²) in [5.74, 6) is 0. The molecule has 3 rings (SSSR count). The molecule has 0 aromatic heterocycles. The highest BCUT2D eigenvalue weighted by molar-refractivity contribution is 6.05. The molecule has 0 N–H and O–H groups in total. The van der Waals surface area contributed by atoms with Gasteiger partial charge in [0.05, 0.1) is 0 Å². The van der Waals surface area contributed by atoms with Gasteiger partial charge in [0.15, 0.2) is 0 Å².